The van der Waals surface area contributed by atoms with E-state index in [0.29, 0.717) is 13.1 Å². The first-order valence-corrected chi connectivity index (χ1v) is 11.3. The number of amides is 1. The summed E-state index contributed by atoms with van der Waals surface area (Å²) in [5.41, 5.74) is 2.83. The molecule has 1 saturated heterocycles. The normalized spacial score (nSPS) is 17.8. The third-order valence-electron chi connectivity index (χ3n) is 5.56. The fourth-order valence-electron chi connectivity index (χ4n) is 4.18. The minimum absolute atomic E-state index is 0.0764. The molecule has 1 fully saturated rings. The predicted octanol–water partition coefficient (Wildman–Crippen LogP) is 6.63. The van der Waals surface area contributed by atoms with Gasteiger partial charge < -0.3 is 14.2 Å². The maximum absolute atomic E-state index is 14.0. The van der Waals surface area contributed by atoms with Crippen LogP contribution >= 0.6 is 0 Å². The molecule has 168 valence electrons. The van der Waals surface area contributed by atoms with Gasteiger partial charge in [0.15, 0.2) is 0 Å². The summed E-state index contributed by atoms with van der Waals surface area (Å²) in [6.07, 6.45) is 11.9. The van der Waals surface area contributed by atoms with Crippen molar-refractivity contribution in [2.45, 2.75) is 78.5 Å². The Kier molecular flexibility index (Phi) is 7.24. The summed E-state index contributed by atoms with van der Waals surface area (Å²) in [7, 11) is 0. The lowest BCUT2D eigenvalue weighted by molar-refractivity contribution is 0.0215. The summed E-state index contributed by atoms with van der Waals surface area (Å²) in [5, 5.41) is 0.939. The molecule has 1 aromatic heterocycles. The highest BCUT2D eigenvalue weighted by Crippen LogP contribution is 2.28. The molecular weight excluding hydrogens is 391 g/mol. The van der Waals surface area contributed by atoms with Gasteiger partial charge in [0.1, 0.15) is 11.4 Å². The first kappa shape index (κ1) is 23.1. The van der Waals surface area contributed by atoms with Gasteiger partial charge in [0.2, 0.25) is 0 Å². The Morgan fingerprint density at radius 3 is 2.81 bits per heavy atom. The molecule has 1 amide bonds. The number of aromatic nitrogens is 1. The molecule has 0 saturated carbocycles. The summed E-state index contributed by atoms with van der Waals surface area (Å²) in [6, 6.07) is 5.05. The van der Waals surface area contributed by atoms with E-state index in [2.05, 4.69) is 42.8 Å². The predicted molar refractivity (Wildman–Crippen MR) is 125 cm³/mol. The van der Waals surface area contributed by atoms with Crippen molar-refractivity contribution in [2.24, 2.45) is 0 Å². The molecule has 2 heterocycles. The number of carbonyl (C=O) groups is 1. The molecule has 1 aromatic carbocycles. The van der Waals surface area contributed by atoms with Gasteiger partial charge in [-0.2, -0.15) is 0 Å². The number of hydrogen-bond acceptors (Lipinski definition) is 2. The highest BCUT2D eigenvalue weighted by atomic mass is 19.1. The summed E-state index contributed by atoms with van der Waals surface area (Å²) < 4.78 is 21.8. The lowest BCUT2D eigenvalue weighted by Gasteiger charge is -2.29. The molecule has 3 rings (SSSR count). The molecule has 31 heavy (non-hydrogen) atoms. The standard InChI is InChI=1S/C26H35FN2O2/c1-6-7-8-10-19(2)15-20-17-28(24-13-12-21(27)16-23(20)24)18-22-11-9-14-29(22)25(30)31-26(3,4)5/h7-8,10,12-13,16-17,22H,6,9,11,14-15,18H2,1-5H3/b8-7-,19-10-/t22-/m0/s1. The zero-order chi connectivity index (χ0) is 22.6. The highest BCUT2D eigenvalue weighted by Gasteiger charge is 2.32. The Bertz CT molecular complexity index is 981. The maximum Gasteiger partial charge on any atom is 0.410 e. The number of allylic oxidation sites excluding steroid dienone is 4. The molecule has 0 spiro atoms. The van der Waals surface area contributed by atoms with Gasteiger partial charge in [-0.05, 0) is 77.1 Å². The van der Waals surface area contributed by atoms with Crippen molar-refractivity contribution in [3.8, 4) is 0 Å². The Balaban J connectivity index is 1.86. The lowest BCUT2D eigenvalue weighted by atomic mass is 10.1. The second kappa shape index (κ2) is 9.71. The molecule has 1 atom stereocenters. The summed E-state index contributed by atoms with van der Waals surface area (Å²) in [5.74, 6) is -0.227. The van der Waals surface area contributed by atoms with Crippen LogP contribution < -0.4 is 0 Å². The number of ether oxygens (including phenoxy) is 1. The van der Waals surface area contributed by atoms with Crippen LogP contribution in [0.4, 0.5) is 9.18 Å². The van der Waals surface area contributed by atoms with Crippen molar-refractivity contribution in [1.29, 1.82) is 0 Å². The smallest absolute Gasteiger partial charge is 0.410 e. The van der Waals surface area contributed by atoms with Crippen molar-refractivity contribution in [3.05, 3.63) is 59.6 Å². The first-order chi connectivity index (χ1) is 14.7. The highest BCUT2D eigenvalue weighted by molar-refractivity contribution is 5.84. The number of carbonyl (C=O) groups excluding carboxylic acids is 1. The van der Waals surface area contributed by atoms with E-state index in [1.807, 2.05) is 31.7 Å². The van der Waals surface area contributed by atoms with Crippen LogP contribution in [0.2, 0.25) is 0 Å². The van der Waals surface area contributed by atoms with Crippen LogP contribution in [0.3, 0.4) is 0 Å². The van der Waals surface area contributed by atoms with Crippen molar-refractivity contribution >= 4 is 17.0 Å². The van der Waals surface area contributed by atoms with Crippen LogP contribution in [-0.4, -0.2) is 33.7 Å². The zero-order valence-electron chi connectivity index (χ0n) is 19.5. The molecule has 1 aliphatic rings. The fraction of sp³-hybridized carbons (Fsp3) is 0.500. The van der Waals surface area contributed by atoms with Gasteiger partial charge in [-0.3, -0.25) is 0 Å². The Morgan fingerprint density at radius 1 is 1.32 bits per heavy atom. The monoisotopic (exact) mass is 426 g/mol. The second-order valence-electron chi connectivity index (χ2n) is 9.46. The molecule has 0 radical (unpaired) electrons. The third-order valence-corrected chi connectivity index (χ3v) is 5.56. The van der Waals surface area contributed by atoms with E-state index in [9.17, 15) is 9.18 Å². The van der Waals surface area contributed by atoms with Crippen LogP contribution in [0.1, 0.15) is 59.4 Å². The van der Waals surface area contributed by atoms with Gasteiger partial charge in [-0.15, -0.1) is 0 Å². The minimum Gasteiger partial charge on any atom is -0.444 e. The topological polar surface area (TPSA) is 34.5 Å². The van der Waals surface area contributed by atoms with E-state index in [0.717, 1.165) is 42.1 Å². The van der Waals surface area contributed by atoms with Gasteiger partial charge in [0.25, 0.3) is 0 Å². The number of benzene rings is 1. The fourth-order valence-corrected chi connectivity index (χ4v) is 4.18. The van der Waals surface area contributed by atoms with Crippen LogP contribution in [0.25, 0.3) is 10.9 Å². The number of hydrogen-bond donors (Lipinski definition) is 0. The molecule has 0 N–H and O–H groups in total. The van der Waals surface area contributed by atoms with Crippen LogP contribution in [0.5, 0.6) is 0 Å². The Morgan fingerprint density at radius 2 is 2.10 bits per heavy atom. The maximum atomic E-state index is 14.0. The quantitative estimate of drug-likeness (QED) is 0.486. The van der Waals surface area contributed by atoms with Gasteiger partial charge in [0.05, 0.1) is 6.04 Å². The molecule has 0 unspecified atom stereocenters. The largest absolute Gasteiger partial charge is 0.444 e. The van der Waals surface area contributed by atoms with Gasteiger partial charge in [0, 0.05) is 30.2 Å². The second-order valence-corrected chi connectivity index (χ2v) is 9.46. The number of rotatable bonds is 6. The minimum atomic E-state index is -0.509. The Hall–Kier alpha value is -2.56. The van der Waals surface area contributed by atoms with E-state index in [4.69, 9.17) is 4.74 Å². The number of likely N-dealkylation sites (tertiary alicyclic amines) is 1. The number of halogens is 1. The first-order valence-electron chi connectivity index (χ1n) is 11.3. The molecular formula is C26H35FN2O2. The van der Waals surface area contributed by atoms with E-state index in [1.165, 1.54) is 11.6 Å². The van der Waals surface area contributed by atoms with Gasteiger partial charge >= 0.3 is 6.09 Å². The lowest BCUT2D eigenvalue weighted by Crippen LogP contribution is -2.41. The van der Waals surface area contributed by atoms with E-state index in [1.54, 1.807) is 6.07 Å². The van der Waals surface area contributed by atoms with E-state index < -0.39 is 5.60 Å². The average molecular weight is 427 g/mol. The summed E-state index contributed by atoms with van der Waals surface area (Å²) in [6.45, 7) is 11.3. The van der Waals surface area contributed by atoms with Crippen molar-refractivity contribution in [1.82, 2.24) is 9.47 Å². The van der Waals surface area contributed by atoms with E-state index >= 15 is 0 Å². The summed E-state index contributed by atoms with van der Waals surface area (Å²) >= 11 is 0. The number of nitrogens with zero attached hydrogens (tertiary/aromatic N) is 2. The molecule has 4 nitrogen and oxygen atoms in total. The van der Waals surface area contributed by atoms with Crippen LogP contribution in [-0.2, 0) is 17.7 Å². The molecule has 1 aliphatic heterocycles. The van der Waals surface area contributed by atoms with Gasteiger partial charge in [-0.1, -0.05) is 30.7 Å². The molecule has 5 heteroatoms. The molecule has 2 aromatic rings. The average Bonchev–Trinajstić information content (AvgIpc) is 3.26. The van der Waals surface area contributed by atoms with Crippen molar-refractivity contribution in [2.75, 3.05) is 6.54 Å². The van der Waals surface area contributed by atoms with E-state index in [-0.39, 0.29) is 18.0 Å². The number of fused-ring (bicyclic) bond motifs is 1. The molecule has 0 aliphatic carbocycles. The Labute approximate surface area is 185 Å². The van der Waals surface area contributed by atoms with Crippen molar-refractivity contribution < 1.29 is 13.9 Å². The van der Waals surface area contributed by atoms with Crippen LogP contribution in [0.15, 0.2) is 48.2 Å². The van der Waals surface area contributed by atoms with Crippen molar-refractivity contribution in [3.63, 3.8) is 0 Å². The molecule has 0 bridgehead atoms. The SMILES string of the molecule is CC/C=C\C=C(\C)Cc1cn(C[C@@H]2CCCN2C(=O)OC(C)(C)C)c2ccc(F)cc12. The van der Waals surface area contributed by atoms with Gasteiger partial charge in [-0.25, -0.2) is 9.18 Å². The zero-order valence-corrected chi connectivity index (χ0v) is 19.5. The third kappa shape index (κ3) is 5.99. The summed E-state index contributed by atoms with van der Waals surface area (Å²) in [4.78, 5) is 14.5. The van der Waals surface area contributed by atoms with Crippen LogP contribution in [0, 0.1) is 5.82 Å².